The van der Waals surface area contributed by atoms with Crippen LogP contribution in [0.4, 0.5) is 0 Å². The third-order valence-corrected chi connectivity index (χ3v) is 5.34. The Kier molecular flexibility index (Phi) is 13.5. The van der Waals surface area contributed by atoms with Crippen LogP contribution in [0.5, 0.6) is 0 Å². The first kappa shape index (κ1) is 25.1. The van der Waals surface area contributed by atoms with Gasteiger partial charge in [0.05, 0.1) is 6.61 Å². The van der Waals surface area contributed by atoms with Gasteiger partial charge in [-0.25, -0.2) is 0 Å². The molecule has 7 heteroatoms. The molecule has 0 aliphatic carbocycles. The summed E-state index contributed by atoms with van der Waals surface area (Å²) in [6.07, 6.45) is 2.34. The Morgan fingerprint density at radius 1 is 1.07 bits per heavy atom. The molecule has 3 N–H and O–H groups in total. The molecule has 1 saturated heterocycles. The number of halogens is 1. The van der Waals surface area contributed by atoms with Crippen LogP contribution in [0.2, 0.25) is 0 Å². The van der Waals surface area contributed by atoms with E-state index in [1.165, 1.54) is 45.7 Å². The number of hydrogen-bond donors (Lipinski definition) is 3. The Bertz CT molecular complexity index is 535. The van der Waals surface area contributed by atoms with Gasteiger partial charge in [0.15, 0.2) is 5.96 Å². The molecule has 0 bridgehead atoms. The van der Waals surface area contributed by atoms with E-state index in [1.807, 2.05) is 18.2 Å². The molecule has 1 aliphatic rings. The Labute approximate surface area is 187 Å². The zero-order chi connectivity index (χ0) is 19.3. The largest absolute Gasteiger partial charge is 0.396 e. The van der Waals surface area contributed by atoms with Gasteiger partial charge in [-0.1, -0.05) is 37.3 Å². The van der Waals surface area contributed by atoms with E-state index in [0.717, 1.165) is 24.5 Å². The summed E-state index contributed by atoms with van der Waals surface area (Å²) in [7, 11) is 1.79. The number of likely N-dealkylation sites (N-methyl/N-ethyl adjacent to an activating group) is 1. The van der Waals surface area contributed by atoms with Gasteiger partial charge in [-0.05, 0) is 31.5 Å². The average Bonchev–Trinajstić information content (AvgIpc) is 2.73. The van der Waals surface area contributed by atoms with E-state index >= 15 is 0 Å². The van der Waals surface area contributed by atoms with Gasteiger partial charge in [0.2, 0.25) is 0 Å². The smallest absolute Gasteiger partial charge is 0.190 e. The van der Waals surface area contributed by atoms with Crippen LogP contribution in [-0.4, -0.2) is 86.9 Å². The fourth-order valence-corrected chi connectivity index (χ4v) is 3.45. The minimum atomic E-state index is 0. The van der Waals surface area contributed by atoms with Crippen molar-refractivity contribution in [2.45, 2.75) is 25.7 Å². The monoisotopic (exact) mass is 503 g/mol. The second-order valence-electron chi connectivity index (χ2n) is 7.15. The summed E-state index contributed by atoms with van der Waals surface area (Å²) in [4.78, 5) is 9.38. The molecule has 1 heterocycles. The van der Waals surface area contributed by atoms with Gasteiger partial charge in [0, 0.05) is 52.2 Å². The molecule has 160 valence electrons. The van der Waals surface area contributed by atoms with Crippen molar-refractivity contribution < 1.29 is 5.11 Å². The van der Waals surface area contributed by atoms with Crippen LogP contribution >= 0.6 is 24.0 Å². The average molecular weight is 503 g/mol. The molecule has 0 aromatic heterocycles. The molecule has 1 aromatic rings. The zero-order valence-corrected chi connectivity index (χ0v) is 19.8. The van der Waals surface area contributed by atoms with Crippen molar-refractivity contribution >= 4 is 29.9 Å². The number of aliphatic hydroxyl groups excluding tert-OH is 1. The standard InChI is InChI=1S/C21H37N5O.HI/c1-3-25-13-15-26(16-14-25)12-8-7-11-23-21(22-2)24-17-20(18-27)19-9-5-4-6-10-19;/h4-6,9-10,20,27H,3,7-8,11-18H2,1-2H3,(H2,22,23,24);1H. The molecule has 1 fully saturated rings. The van der Waals surface area contributed by atoms with Crippen molar-refractivity contribution in [3.05, 3.63) is 35.9 Å². The van der Waals surface area contributed by atoms with Crippen molar-refractivity contribution in [1.82, 2.24) is 20.4 Å². The van der Waals surface area contributed by atoms with Crippen molar-refractivity contribution in [3.8, 4) is 0 Å². The van der Waals surface area contributed by atoms with E-state index in [2.05, 4.69) is 44.5 Å². The molecule has 0 saturated carbocycles. The second kappa shape index (κ2) is 15.0. The van der Waals surface area contributed by atoms with E-state index in [1.54, 1.807) is 7.05 Å². The van der Waals surface area contributed by atoms with Crippen LogP contribution < -0.4 is 10.6 Å². The number of piperazine rings is 1. The highest BCUT2D eigenvalue weighted by atomic mass is 127. The van der Waals surface area contributed by atoms with Gasteiger partial charge >= 0.3 is 0 Å². The van der Waals surface area contributed by atoms with Crippen LogP contribution in [0.25, 0.3) is 0 Å². The highest BCUT2D eigenvalue weighted by Gasteiger charge is 2.14. The van der Waals surface area contributed by atoms with Crippen LogP contribution in [0.1, 0.15) is 31.2 Å². The van der Waals surface area contributed by atoms with Crippen LogP contribution in [-0.2, 0) is 0 Å². The molecule has 0 radical (unpaired) electrons. The maximum Gasteiger partial charge on any atom is 0.190 e. The number of benzene rings is 1. The Balaban J connectivity index is 0.00000392. The molecule has 1 unspecified atom stereocenters. The highest BCUT2D eigenvalue weighted by Crippen LogP contribution is 2.13. The lowest BCUT2D eigenvalue weighted by molar-refractivity contribution is 0.136. The normalized spacial score (nSPS) is 17.0. The Hall–Kier alpha value is -0.900. The van der Waals surface area contributed by atoms with Gasteiger partial charge < -0.3 is 25.5 Å². The summed E-state index contributed by atoms with van der Waals surface area (Å²) in [5.41, 5.74) is 1.14. The number of hydrogen-bond acceptors (Lipinski definition) is 4. The number of nitrogens with zero attached hydrogens (tertiary/aromatic N) is 3. The number of rotatable bonds is 10. The number of nitrogens with one attached hydrogen (secondary N) is 2. The van der Waals surface area contributed by atoms with Crippen molar-refractivity contribution in [2.24, 2.45) is 4.99 Å². The van der Waals surface area contributed by atoms with Crippen molar-refractivity contribution in [2.75, 3.05) is 66.0 Å². The lowest BCUT2D eigenvalue weighted by Gasteiger charge is -2.34. The van der Waals surface area contributed by atoms with Crippen LogP contribution in [0.3, 0.4) is 0 Å². The summed E-state index contributed by atoms with van der Waals surface area (Å²) < 4.78 is 0. The molecule has 1 atom stereocenters. The molecular formula is C21H38IN5O. The fraction of sp³-hybridized carbons (Fsp3) is 0.667. The first-order chi connectivity index (χ1) is 13.3. The van der Waals surface area contributed by atoms with Crippen LogP contribution in [0, 0.1) is 0 Å². The molecule has 0 spiro atoms. The summed E-state index contributed by atoms with van der Waals surface area (Å²) >= 11 is 0. The summed E-state index contributed by atoms with van der Waals surface area (Å²) in [6, 6.07) is 10.1. The number of aliphatic imine (C=N–C) groups is 1. The molecule has 2 rings (SSSR count). The van der Waals surface area contributed by atoms with E-state index in [-0.39, 0.29) is 36.5 Å². The lowest BCUT2D eigenvalue weighted by Crippen LogP contribution is -2.46. The first-order valence-electron chi connectivity index (χ1n) is 10.3. The summed E-state index contributed by atoms with van der Waals surface area (Å²) in [6.45, 7) is 11.1. The van der Waals surface area contributed by atoms with E-state index < -0.39 is 0 Å². The minimum absolute atomic E-state index is 0. The van der Waals surface area contributed by atoms with Crippen molar-refractivity contribution in [3.63, 3.8) is 0 Å². The predicted octanol–water partition coefficient (Wildman–Crippen LogP) is 1.96. The molecular weight excluding hydrogens is 465 g/mol. The SMILES string of the molecule is CCN1CCN(CCCCNC(=NC)NCC(CO)c2ccccc2)CC1.I. The predicted molar refractivity (Wildman–Crippen MR) is 129 cm³/mol. The fourth-order valence-electron chi connectivity index (χ4n) is 3.45. The quantitative estimate of drug-likeness (QED) is 0.197. The molecule has 6 nitrogen and oxygen atoms in total. The zero-order valence-electron chi connectivity index (χ0n) is 17.4. The van der Waals surface area contributed by atoms with Crippen molar-refractivity contribution in [1.29, 1.82) is 0 Å². The number of guanidine groups is 1. The van der Waals surface area contributed by atoms with Gasteiger partial charge in [-0.2, -0.15) is 0 Å². The van der Waals surface area contributed by atoms with E-state index in [0.29, 0.717) is 6.54 Å². The Morgan fingerprint density at radius 3 is 2.36 bits per heavy atom. The number of aliphatic hydroxyl groups is 1. The molecule has 28 heavy (non-hydrogen) atoms. The summed E-state index contributed by atoms with van der Waals surface area (Å²) in [5, 5.41) is 16.4. The topological polar surface area (TPSA) is 63.1 Å². The van der Waals surface area contributed by atoms with E-state index in [9.17, 15) is 5.11 Å². The third kappa shape index (κ3) is 9.07. The third-order valence-electron chi connectivity index (χ3n) is 5.34. The maximum atomic E-state index is 9.66. The molecule has 1 aliphatic heterocycles. The lowest BCUT2D eigenvalue weighted by atomic mass is 10.0. The van der Waals surface area contributed by atoms with Gasteiger partial charge in [-0.3, -0.25) is 4.99 Å². The van der Waals surface area contributed by atoms with Gasteiger partial charge in [0.25, 0.3) is 0 Å². The van der Waals surface area contributed by atoms with Gasteiger partial charge in [0.1, 0.15) is 0 Å². The summed E-state index contributed by atoms with van der Waals surface area (Å²) in [5.74, 6) is 0.882. The molecule has 0 amide bonds. The van der Waals surface area contributed by atoms with E-state index in [4.69, 9.17) is 0 Å². The number of unbranched alkanes of at least 4 members (excludes halogenated alkanes) is 1. The van der Waals surface area contributed by atoms with Gasteiger partial charge in [-0.15, -0.1) is 24.0 Å². The maximum absolute atomic E-state index is 9.66. The Morgan fingerprint density at radius 2 is 1.75 bits per heavy atom. The molecule has 1 aromatic carbocycles. The highest BCUT2D eigenvalue weighted by molar-refractivity contribution is 14.0. The van der Waals surface area contributed by atoms with Crippen LogP contribution in [0.15, 0.2) is 35.3 Å². The first-order valence-corrected chi connectivity index (χ1v) is 10.3. The minimum Gasteiger partial charge on any atom is -0.396 e. The second-order valence-corrected chi connectivity index (χ2v) is 7.15.